The molecular weight excluding hydrogens is 324 g/mol. The molecule has 1 amide bonds. The van der Waals surface area contributed by atoms with Gasteiger partial charge in [0.05, 0.1) is 18.3 Å². The Balaban J connectivity index is 0.00000208. The maximum Gasteiger partial charge on any atom is 0.257 e. The highest BCUT2D eigenvalue weighted by Gasteiger charge is 2.30. The quantitative estimate of drug-likeness (QED) is 0.927. The van der Waals surface area contributed by atoms with Gasteiger partial charge in [0.2, 0.25) is 0 Å². The highest BCUT2D eigenvalue weighted by molar-refractivity contribution is 5.95. The molecule has 1 saturated heterocycles. The fraction of sp³-hybridized carbons (Fsp3) is 0.444. The van der Waals surface area contributed by atoms with Crippen LogP contribution in [-0.4, -0.2) is 45.8 Å². The summed E-state index contributed by atoms with van der Waals surface area (Å²) in [5, 5.41) is 7.83. The number of nitrogens with zero attached hydrogens (tertiary/aromatic N) is 3. The van der Waals surface area contributed by atoms with Gasteiger partial charge in [0.1, 0.15) is 0 Å². The van der Waals surface area contributed by atoms with Crippen LogP contribution in [0.15, 0.2) is 36.5 Å². The number of halogens is 1. The van der Waals surface area contributed by atoms with E-state index in [9.17, 15) is 4.79 Å². The Morgan fingerprint density at radius 3 is 2.71 bits per heavy atom. The van der Waals surface area contributed by atoms with E-state index in [0.717, 1.165) is 18.8 Å². The van der Waals surface area contributed by atoms with Crippen LogP contribution in [-0.2, 0) is 6.54 Å². The third kappa shape index (κ3) is 3.62. The third-order valence-electron chi connectivity index (χ3n) is 4.80. The van der Waals surface area contributed by atoms with E-state index in [2.05, 4.69) is 36.4 Å². The molecule has 1 aliphatic rings. The Morgan fingerprint density at radius 2 is 2.00 bits per heavy atom. The monoisotopic (exact) mass is 348 g/mol. The van der Waals surface area contributed by atoms with Crippen molar-refractivity contribution in [1.29, 1.82) is 0 Å². The van der Waals surface area contributed by atoms with Crippen molar-refractivity contribution < 1.29 is 4.79 Å². The number of carbonyl (C=O) groups excluding carboxylic acids is 1. The van der Waals surface area contributed by atoms with Crippen LogP contribution in [0.2, 0.25) is 0 Å². The second-order valence-corrected chi connectivity index (χ2v) is 6.27. The molecule has 0 aliphatic carbocycles. The van der Waals surface area contributed by atoms with Gasteiger partial charge >= 0.3 is 0 Å². The number of nitrogens with one attached hydrogen (secondary N) is 1. The number of rotatable bonds is 3. The molecule has 1 aliphatic heterocycles. The zero-order valence-electron chi connectivity index (χ0n) is 14.4. The van der Waals surface area contributed by atoms with Crippen LogP contribution in [0.4, 0.5) is 0 Å². The molecule has 3 rings (SSSR count). The molecule has 0 radical (unpaired) electrons. The molecule has 1 aromatic heterocycles. The zero-order valence-corrected chi connectivity index (χ0v) is 15.2. The van der Waals surface area contributed by atoms with Gasteiger partial charge in [0.15, 0.2) is 0 Å². The molecule has 2 unspecified atom stereocenters. The van der Waals surface area contributed by atoms with E-state index in [1.54, 1.807) is 6.20 Å². The molecule has 24 heavy (non-hydrogen) atoms. The van der Waals surface area contributed by atoms with Crippen LogP contribution in [0.5, 0.6) is 0 Å². The predicted molar refractivity (Wildman–Crippen MR) is 97.7 cm³/mol. The van der Waals surface area contributed by atoms with Crippen LogP contribution in [0.1, 0.15) is 35.5 Å². The molecule has 0 spiro atoms. The molecule has 2 aromatic rings. The minimum atomic E-state index is 0. The lowest BCUT2D eigenvalue weighted by Crippen LogP contribution is -2.57. The van der Waals surface area contributed by atoms with Gasteiger partial charge in [-0.3, -0.25) is 9.48 Å². The second-order valence-electron chi connectivity index (χ2n) is 6.27. The molecule has 1 fully saturated rings. The Labute approximate surface area is 149 Å². The smallest absolute Gasteiger partial charge is 0.257 e. The molecule has 6 heteroatoms. The van der Waals surface area contributed by atoms with Crippen molar-refractivity contribution in [1.82, 2.24) is 20.0 Å². The van der Waals surface area contributed by atoms with Gasteiger partial charge < -0.3 is 10.2 Å². The van der Waals surface area contributed by atoms with Crippen molar-refractivity contribution in [3.05, 3.63) is 53.3 Å². The van der Waals surface area contributed by atoms with Crippen LogP contribution in [0.3, 0.4) is 0 Å². The number of piperazine rings is 1. The predicted octanol–water partition coefficient (Wildman–Crippen LogP) is 2.48. The van der Waals surface area contributed by atoms with Crippen molar-refractivity contribution >= 4 is 18.3 Å². The highest BCUT2D eigenvalue weighted by atomic mass is 35.5. The summed E-state index contributed by atoms with van der Waals surface area (Å²) in [4.78, 5) is 14.8. The van der Waals surface area contributed by atoms with E-state index in [-0.39, 0.29) is 24.4 Å². The van der Waals surface area contributed by atoms with Crippen LogP contribution in [0.25, 0.3) is 0 Å². The summed E-state index contributed by atoms with van der Waals surface area (Å²) in [5.74, 6) is 0.0858. The van der Waals surface area contributed by atoms with Gasteiger partial charge in [-0.1, -0.05) is 30.3 Å². The first-order valence-electron chi connectivity index (χ1n) is 8.18. The number of hydrogen-bond acceptors (Lipinski definition) is 3. The van der Waals surface area contributed by atoms with Crippen molar-refractivity contribution in [2.45, 2.75) is 39.4 Å². The standard InChI is InChI=1S/C18H24N4O.ClH/c1-13-14(2)21(10-9-19-13)18(23)17-11-20-22(15(17)3)12-16-7-5-4-6-8-16;/h4-8,11,13-14,19H,9-10,12H2,1-3H3;1H. The van der Waals surface area contributed by atoms with E-state index in [1.165, 1.54) is 5.56 Å². The molecular formula is C18H25ClN4O. The topological polar surface area (TPSA) is 50.2 Å². The summed E-state index contributed by atoms with van der Waals surface area (Å²) in [6.45, 7) is 8.46. The van der Waals surface area contributed by atoms with Gasteiger partial charge in [-0.25, -0.2) is 0 Å². The molecule has 5 nitrogen and oxygen atoms in total. The van der Waals surface area contributed by atoms with Crippen LogP contribution in [0, 0.1) is 6.92 Å². The van der Waals surface area contributed by atoms with E-state index in [0.29, 0.717) is 18.2 Å². The Bertz CT molecular complexity index is 686. The lowest BCUT2D eigenvalue weighted by Gasteiger charge is -2.38. The first kappa shape index (κ1) is 18.5. The Kier molecular flexibility index (Phi) is 6.02. The second kappa shape index (κ2) is 7.81. The van der Waals surface area contributed by atoms with Gasteiger partial charge in [-0.2, -0.15) is 5.10 Å². The van der Waals surface area contributed by atoms with Crippen LogP contribution < -0.4 is 5.32 Å². The molecule has 2 heterocycles. The summed E-state index contributed by atoms with van der Waals surface area (Å²) < 4.78 is 1.90. The van der Waals surface area contributed by atoms with Crippen molar-refractivity contribution in [3.8, 4) is 0 Å². The average molecular weight is 349 g/mol. The SMILES string of the molecule is Cc1c(C(=O)N2CCNC(C)C2C)cnn1Cc1ccccc1.Cl. The Hall–Kier alpha value is -1.85. The van der Waals surface area contributed by atoms with E-state index < -0.39 is 0 Å². The van der Waals surface area contributed by atoms with Crippen LogP contribution >= 0.6 is 12.4 Å². The summed E-state index contributed by atoms with van der Waals surface area (Å²) in [7, 11) is 0. The van der Waals surface area contributed by atoms with Crippen molar-refractivity contribution in [3.63, 3.8) is 0 Å². The molecule has 0 bridgehead atoms. The molecule has 130 valence electrons. The molecule has 0 saturated carbocycles. The fourth-order valence-electron chi connectivity index (χ4n) is 3.07. The first-order valence-corrected chi connectivity index (χ1v) is 8.18. The fourth-order valence-corrected chi connectivity index (χ4v) is 3.07. The lowest BCUT2D eigenvalue weighted by molar-refractivity contribution is 0.0602. The minimum absolute atomic E-state index is 0. The van der Waals surface area contributed by atoms with E-state index >= 15 is 0 Å². The largest absolute Gasteiger partial charge is 0.333 e. The van der Waals surface area contributed by atoms with Gasteiger partial charge in [0, 0.05) is 30.9 Å². The van der Waals surface area contributed by atoms with Gasteiger partial charge in [0.25, 0.3) is 5.91 Å². The average Bonchev–Trinajstić information content (AvgIpc) is 2.91. The van der Waals surface area contributed by atoms with E-state index in [4.69, 9.17) is 0 Å². The van der Waals surface area contributed by atoms with Gasteiger partial charge in [-0.15, -0.1) is 12.4 Å². The number of benzene rings is 1. The molecule has 2 atom stereocenters. The number of hydrogen-bond donors (Lipinski definition) is 1. The van der Waals surface area contributed by atoms with Gasteiger partial charge in [-0.05, 0) is 26.3 Å². The highest BCUT2D eigenvalue weighted by Crippen LogP contribution is 2.17. The Morgan fingerprint density at radius 1 is 1.29 bits per heavy atom. The van der Waals surface area contributed by atoms with E-state index in [1.807, 2.05) is 34.7 Å². The number of amides is 1. The number of aromatic nitrogens is 2. The zero-order chi connectivity index (χ0) is 16.4. The number of carbonyl (C=O) groups is 1. The van der Waals surface area contributed by atoms with Crippen molar-refractivity contribution in [2.75, 3.05) is 13.1 Å². The molecule has 1 aromatic carbocycles. The maximum atomic E-state index is 12.9. The normalized spacial score (nSPS) is 20.5. The molecule has 1 N–H and O–H groups in total. The summed E-state index contributed by atoms with van der Waals surface area (Å²) in [6.07, 6.45) is 1.71. The lowest BCUT2D eigenvalue weighted by atomic mass is 10.1. The van der Waals surface area contributed by atoms with Crippen molar-refractivity contribution in [2.24, 2.45) is 0 Å². The summed E-state index contributed by atoms with van der Waals surface area (Å²) in [5.41, 5.74) is 2.82. The maximum absolute atomic E-state index is 12.9. The first-order chi connectivity index (χ1) is 11.1. The summed E-state index contributed by atoms with van der Waals surface area (Å²) in [6, 6.07) is 10.7. The minimum Gasteiger partial charge on any atom is -0.333 e. The third-order valence-corrected chi connectivity index (χ3v) is 4.80. The summed E-state index contributed by atoms with van der Waals surface area (Å²) >= 11 is 0.